The number of aromatic nitrogens is 1. The summed E-state index contributed by atoms with van der Waals surface area (Å²) in [5.41, 5.74) is 2.94. The Balaban J connectivity index is 1.56. The Bertz CT molecular complexity index is 1150. The van der Waals surface area contributed by atoms with Crippen LogP contribution < -0.4 is 15.1 Å². The number of thiophene rings is 1. The third-order valence-corrected chi connectivity index (χ3v) is 6.92. The third kappa shape index (κ3) is 4.43. The zero-order valence-electron chi connectivity index (χ0n) is 18.8. The molecule has 0 saturated carbocycles. The molecule has 0 spiro atoms. The second kappa shape index (κ2) is 9.61. The van der Waals surface area contributed by atoms with Crippen LogP contribution in [0.3, 0.4) is 0 Å². The van der Waals surface area contributed by atoms with Gasteiger partial charge < -0.3 is 19.1 Å². The van der Waals surface area contributed by atoms with E-state index in [4.69, 9.17) is 4.74 Å². The summed E-state index contributed by atoms with van der Waals surface area (Å²) in [6, 6.07) is 13.7. The van der Waals surface area contributed by atoms with Gasteiger partial charge in [-0.05, 0) is 36.9 Å². The highest BCUT2D eigenvalue weighted by Gasteiger charge is 2.27. The van der Waals surface area contributed by atoms with Crippen LogP contribution in [0.25, 0.3) is 0 Å². The number of methoxy groups -OCH3 is 1. The van der Waals surface area contributed by atoms with E-state index in [2.05, 4.69) is 21.6 Å². The maximum absolute atomic E-state index is 13.5. The van der Waals surface area contributed by atoms with Crippen molar-refractivity contribution >= 4 is 22.9 Å². The molecule has 0 unspecified atom stereocenters. The number of carbonyl (C=O) groups is 1. The van der Waals surface area contributed by atoms with Gasteiger partial charge in [-0.3, -0.25) is 9.59 Å². The minimum Gasteiger partial charge on any atom is -0.497 e. The number of amides is 1. The molecule has 0 aliphatic carbocycles. The van der Waals surface area contributed by atoms with Crippen molar-refractivity contribution in [3.8, 4) is 5.75 Å². The van der Waals surface area contributed by atoms with E-state index in [0.29, 0.717) is 31.6 Å². The first kappa shape index (κ1) is 22.1. The molecule has 6 nitrogen and oxygen atoms in total. The van der Waals surface area contributed by atoms with Gasteiger partial charge in [0.1, 0.15) is 11.3 Å². The van der Waals surface area contributed by atoms with Gasteiger partial charge in [0.2, 0.25) is 0 Å². The van der Waals surface area contributed by atoms with E-state index in [0.717, 1.165) is 35.9 Å². The van der Waals surface area contributed by atoms with Crippen LogP contribution in [0, 0.1) is 6.92 Å². The fourth-order valence-electron chi connectivity index (χ4n) is 4.34. The van der Waals surface area contributed by atoms with Gasteiger partial charge in [-0.15, -0.1) is 11.3 Å². The number of aryl methyl sites for hydroxylation is 1. The molecule has 1 fully saturated rings. The van der Waals surface area contributed by atoms with E-state index in [9.17, 15) is 9.59 Å². The minimum absolute atomic E-state index is 0.155. The van der Waals surface area contributed by atoms with Crippen molar-refractivity contribution in [2.45, 2.75) is 26.8 Å². The summed E-state index contributed by atoms with van der Waals surface area (Å²) in [5, 5.41) is 2.05. The molecule has 0 radical (unpaired) electrons. The molecule has 4 rings (SSSR count). The monoisotopic (exact) mass is 451 g/mol. The average Bonchev–Trinajstić information content (AvgIpc) is 3.33. The molecule has 2 aromatic heterocycles. The maximum atomic E-state index is 13.5. The molecule has 1 saturated heterocycles. The van der Waals surface area contributed by atoms with Crippen LogP contribution in [0.1, 0.15) is 33.5 Å². The third-order valence-electron chi connectivity index (χ3n) is 6.05. The van der Waals surface area contributed by atoms with Crippen LogP contribution in [-0.2, 0) is 13.0 Å². The van der Waals surface area contributed by atoms with E-state index >= 15 is 0 Å². The van der Waals surface area contributed by atoms with E-state index in [-0.39, 0.29) is 11.3 Å². The minimum atomic E-state index is -0.179. The Kier molecular flexibility index (Phi) is 6.65. The maximum Gasteiger partial charge on any atom is 0.259 e. The van der Waals surface area contributed by atoms with Crippen molar-refractivity contribution in [3.63, 3.8) is 0 Å². The molecular formula is C25H29N3O3S. The number of benzene rings is 1. The van der Waals surface area contributed by atoms with Crippen LogP contribution in [0.15, 0.2) is 52.6 Å². The topological polar surface area (TPSA) is 54.8 Å². The van der Waals surface area contributed by atoms with Gasteiger partial charge >= 0.3 is 0 Å². The highest BCUT2D eigenvalue weighted by atomic mass is 32.1. The molecule has 3 heterocycles. The van der Waals surface area contributed by atoms with Crippen molar-refractivity contribution in [1.29, 1.82) is 0 Å². The Labute approximate surface area is 192 Å². The molecule has 0 atom stereocenters. The molecule has 1 aromatic carbocycles. The van der Waals surface area contributed by atoms with Gasteiger partial charge in [0.15, 0.2) is 5.43 Å². The number of pyridine rings is 1. The average molecular weight is 452 g/mol. The van der Waals surface area contributed by atoms with Crippen LogP contribution in [0.2, 0.25) is 0 Å². The van der Waals surface area contributed by atoms with Crippen molar-refractivity contribution in [3.05, 3.63) is 79.9 Å². The highest BCUT2D eigenvalue weighted by molar-refractivity contribution is 7.09. The van der Waals surface area contributed by atoms with E-state index in [1.54, 1.807) is 24.5 Å². The van der Waals surface area contributed by atoms with Crippen molar-refractivity contribution in [1.82, 2.24) is 9.47 Å². The molecule has 7 heteroatoms. The summed E-state index contributed by atoms with van der Waals surface area (Å²) in [6.45, 7) is 7.23. The number of hydrogen-bond donors (Lipinski definition) is 0. The van der Waals surface area contributed by atoms with E-state index < -0.39 is 0 Å². The Morgan fingerprint density at radius 3 is 2.53 bits per heavy atom. The number of hydrogen-bond acceptors (Lipinski definition) is 5. The lowest BCUT2D eigenvalue weighted by atomic mass is 10.1. The van der Waals surface area contributed by atoms with Gasteiger partial charge in [-0.1, -0.05) is 19.1 Å². The van der Waals surface area contributed by atoms with Crippen LogP contribution in [0.5, 0.6) is 5.75 Å². The largest absolute Gasteiger partial charge is 0.497 e. The number of rotatable bonds is 6. The standard InChI is InChI=1S/C25H29N3O3S/c1-4-22-24(23(29)15-18(2)28(22)17-21-9-6-14-32-21)25(30)27-12-10-26(11-13-27)19-7-5-8-20(16-19)31-3/h5-9,14-16H,4,10-13,17H2,1-3H3. The molecule has 3 aromatic rings. The summed E-state index contributed by atoms with van der Waals surface area (Å²) in [7, 11) is 1.66. The van der Waals surface area contributed by atoms with Crippen LogP contribution >= 0.6 is 11.3 Å². The fraction of sp³-hybridized carbons (Fsp3) is 0.360. The predicted molar refractivity (Wildman–Crippen MR) is 129 cm³/mol. The normalized spacial score (nSPS) is 14.0. The molecule has 0 bridgehead atoms. The summed E-state index contributed by atoms with van der Waals surface area (Å²) >= 11 is 1.68. The molecule has 168 valence electrons. The first-order valence-electron chi connectivity index (χ1n) is 11.0. The number of anilines is 1. The predicted octanol–water partition coefficient (Wildman–Crippen LogP) is 3.80. The lowest BCUT2D eigenvalue weighted by molar-refractivity contribution is 0.0743. The first-order chi connectivity index (χ1) is 15.5. The summed E-state index contributed by atoms with van der Waals surface area (Å²) in [6.07, 6.45) is 0.632. The zero-order valence-corrected chi connectivity index (χ0v) is 19.7. The van der Waals surface area contributed by atoms with Crippen molar-refractivity contribution in [2.24, 2.45) is 0 Å². The Hall–Kier alpha value is -3.06. The van der Waals surface area contributed by atoms with E-state index in [1.165, 1.54) is 4.88 Å². The lowest BCUT2D eigenvalue weighted by Crippen LogP contribution is -2.50. The fourth-order valence-corrected chi connectivity index (χ4v) is 5.03. The lowest BCUT2D eigenvalue weighted by Gasteiger charge is -2.36. The van der Waals surface area contributed by atoms with Gasteiger partial charge in [0.05, 0.1) is 13.7 Å². The second-order valence-electron chi connectivity index (χ2n) is 7.97. The molecule has 1 aliphatic heterocycles. The summed E-state index contributed by atoms with van der Waals surface area (Å²) in [5.74, 6) is 0.664. The van der Waals surface area contributed by atoms with Crippen molar-refractivity contribution < 1.29 is 9.53 Å². The molecular weight excluding hydrogens is 422 g/mol. The molecule has 32 heavy (non-hydrogen) atoms. The quantitative estimate of drug-likeness (QED) is 0.572. The van der Waals surface area contributed by atoms with Crippen LogP contribution in [-0.4, -0.2) is 48.7 Å². The Morgan fingerprint density at radius 2 is 1.88 bits per heavy atom. The molecule has 1 aliphatic rings. The van der Waals surface area contributed by atoms with Gasteiger partial charge in [-0.2, -0.15) is 0 Å². The van der Waals surface area contributed by atoms with Gasteiger partial charge in [-0.25, -0.2) is 0 Å². The number of nitrogens with zero attached hydrogens (tertiary/aromatic N) is 3. The molecule has 1 amide bonds. The smallest absolute Gasteiger partial charge is 0.259 e. The number of ether oxygens (including phenoxy) is 1. The summed E-state index contributed by atoms with van der Waals surface area (Å²) < 4.78 is 7.45. The zero-order chi connectivity index (χ0) is 22.7. The molecule has 0 N–H and O–H groups in total. The van der Waals surface area contributed by atoms with E-state index in [1.807, 2.05) is 48.4 Å². The second-order valence-corrected chi connectivity index (χ2v) is 9.00. The Morgan fingerprint density at radius 1 is 1.09 bits per heavy atom. The summed E-state index contributed by atoms with van der Waals surface area (Å²) in [4.78, 5) is 31.7. The van der Waals surface area contributed by atoms with Crippen LogP contribution in [0.4, 0.5) is 5.69 Å². The highest BCUT2D eigenvalue weighted by Crippen LogP contribution is 2.23. The first-order valence-corrected chi connectivity index (χ1v) is 11.8. The SMILES string of the molecule is CCc1c(C(=O)N2CCN(c3cccc(OC)c3)CC2)c(=O)cc(C)n1Cc1cccs1. The van der Waals surface area contributed by atoms with Crippen molar-refractivity contribution in [2.75, 3.05) is 38.2 Å². The van der Waals surface area contributed by atoms with Gasteiger partial charge in [0, 0.05) is 60.3 Å². The van der Waals surface area contributed by atoms with Gasteiger partial charge in [0.25, 0.3) is 5.91 Å². The number of carbonyl (C=O) groups excluding carboxylic acids is 1. The number of piperazine rings is 1.